The molecule has 0 radical (unpaired) electrons. The van der Waals surface area contributed by atoms with Gasteiger partial charge in [-0.05, 0) is 41.8 Å². The number of aryl methyl sites for hydroxylation is 2. The second-order valence-electron chi connectivity index (χ2n) is 6.86. The van der Waals surface area contributed by atoms with Crippen molar-refractivity contribution < 1.29 is 19.0 Å². The van der Waals surface area contributed by atoms with E-state index in [-0.39, 0.29) is 11.9 Å². The van der Waals surface area contributed by atoms with Crippen LogP contribution in [-0.4, -0.2) is 36.8 Å². The molecular formula is C23H27N3O4. The smallest absolute Gasteiger partial charge is 0.221 e. The van der Waals surface area contributed by atoms with Gasteiger partial charge >= 0.3 is 0 Å². The van der Waals surface area contributed by atoms with E-state index < -0.39 is 0 Å². The molecule has 0 saturated carbocycles. The van der Waals surface area contributed by atoms with Crippen molar-refractivity contribution in [1.82, 2.24) is 14.9 Å². The predicted molar refractivity (Wildman–Crippen MR) is 114 cm³/mol. The number of carbonyl (C=O) groups excluding carboxylic acids is 1. The zero-order valence-electron chi connectivity index (χ0n) is 17.7. The Bertz CT molecular complexity index is 982. The second kappa shape index (κ2) is 9.82. The fourth-order valence-electron chi connectivity index (χ4n) is 3.28. The number of carbonyl (C=O) groups is 1. The molecule has 0 fully saturated rings. The molecule has 1 atom stereocenters. The third-order valence-corrected chi connectivity index (χ3v) is 4.96. The Labute approximate surface area is 176 Å². The van der Waals surface area contributed by atoms with Gasteiger partial charge in [-0.15, -0.1) is 0 Å². The lowest BCUT2D eigenvalue weighted by Crippen LogP contribution is -2.31. The van der Waals surface area contributed by atoms with Crippen LogP contribution in [0.5, 0.6) is 17.2 Å². The van der Waals surface area contributed by atoms with Crippen molar-refractivity contribution in [3.05, 3.63) is 71.8 Å². The number of hydrogen-bond acceptors (Lipinski definition) is 5. The summed E-state index contributed by atoms with van der Waals surface area (Å²) in [6, 6.07) is 13.0. The summed E-state index contributed by atoms with van der Waals surface area (Å²) >= 11 is 0. The molecule has 7 heteroatoms. The molecule has 0 aliphatic heterocycles. The molecule has 3 rings (SSSR count). The van der Waals surface area contributed by atoms with Crippen LogP contribution in [0.4, 0.5) is 0 Å². The molecule has 30 heavy (non-hydrogen) atoms. The van der Waals surface area contributed by atoms with Gasteiger partial charge in [0, 0.05) is 25.9 Å². The van der Waals surface area contributed by atoms with Gasteiger partial charge in [-0.25, -0.2) is 4.98 Å². The first-order valence-electron chi connectivity index (χ1n) is 9.67. The number of hydrogen-bond donors (Lipinski definition) is 1. The lowest BCUT2D eigenvalue weighted by molar-refractivity contribution is -0.121. The Kier molecular flexibility index (Phi) is 6.95. The highest BCUT2D eigenvalue weighted by Crippen LogP contribution is 2.28. The first kappa shape index (κ1) is 21.2. The number of nitrogens with zero attached hydrogens (tertiary/aromatic N) is 2. The van der Waals surface area contributed by atoms with Crippen LogP contribution in [0.1, 0.15) is 29.4 Å². The first-order valence-corrected chi connectivity index (χ1v) is 9.67. The molecule has 1 amide bonds. The van der Waals surface area contributed by atoms with Gasteiger partial charge in [0.2, 0.25) is 5.91 Å². The second-order valence-corrected chi connectivity index (χ2v) is 6.86. The highest BCUT2D eigenvalue weighted by Gasteiger charge is 2.21. The number of aromatic nitrogens is 2. The fraction of sp³-hybridized carbons (Fsp3) is 0.304. The van der Waals surface area contributed by atoms with Crippen molar-refractivity contribution in [2.45, 2.75) is 18.9 Å². The van der Waals surface area contributed by atoms with Crippen molar-refractivity contribution in [2.24, 2.45) is 7.05 Å². The third kappa shape index (κ3) is 4.92. The Morgan fingerprint density at radius 1 is 1.03 bits per heavy atom. The van der Waals surface area contributed by atoms with Crippen molar-refractivity contribution in [3.63, 3.8) is 0 Å². The average Bonchev–Trinajstić information content (AvgIpc) is 3.21. The summed E-state index contributed by atoms with van der Waals surface area (Å²) in [5.41, 5.74) is 1.94. The van der Waals surface area contributed by atoms with Crippen molar-refractivity contribution >= 4 is 5.91 Å². The highest BCUT2D eigenvalue weighted by molar-refractivity contribution is 5.77. The number of ether oxygens (including phenoxy) is 3. The van der Waals surface area contributed by atoms with Gasteiger partial charge in [-0.3, -0.25) is 4.79 Å². The van der Waals surface area contributed by atoms with E-state index >= 15 is 0 Å². The predicted octanol–water partition coefficient (Wildman–Crippen LogP) is 3.28. The third-order valence-electron chi connectivity index (χ3n) is 4.96. The minimum Gasteiger partial charge on any atom is -0.497 e. The Balaban J connectivity index is 1.73. The van der Waals surface area contributed by atoms with E-state index in [2.05, 4.69) is 10.3 Å². The van der Waals surface area contributed by atoms with Gasteiger partial charge in [0.15, 0.2) is 11.5 Å². The van der Waals surface area contributed by atoms with Gasteiger partial charge in [0.1, 0.15) is 17.6 Å². The summed E-state index contributed by atoms with van der Waals surface area (Å²) in [6.07, 6.45) is 4.51. The van der Waals surface area contributed by atoms with Crippen LogP contribution >= 0.6 is 0 Å². The molecular weight excluding hydrogens is 382 g/mol. The van der Waals surface area contributed by atoms with E-state index in [0.717, 1.165) is 22.7 Å². The van der Waals surface area contributed by atoms with Crippen LogP contribution < -0.4 is 19.5 Å². The van der Waals surface area contributed by atoms with Crippen LogP contribution in [0.15, 0.2) is 54.9 Å². The number of amides is 1. The molecule has 7 nitrogen and oxygen atoms in total. The maximum atomic E-state index is 12.8. The standard InChI is InChI=1S/C23H27N3O4/c1-26-14-13-24-23(26)22(17-7-9-18(28-2)10-8-17)25-21(27)12-6-16-5-11-19(29-3)20(15-16)30-4/h5,7-11,13-15,22H,6,12H2,1-4H3,(H,25,27). The number of nitrogens with one attached hydrogen (secondary N) is 1. The lowest BCUT2D eigenvalue weighted by Gasteiger charge is -2.19. The van der Waals surface area contributed by atoms with Crippen molar-refractivity contribution in [2.75, 3.05) is 21.3 Å². The number of rotatable bonds is 9. The summed E-state index contributed by atoms with van der Waals surface area (Å²) in [5, 5.41) is 3.12. The molecule has 0 spiro atoms. The van der Waals surface area contributed by atoms with Crippen LogP contribution in [0, 0.1) is 0 Å². The maximum Gasteiger partial charge on any atom is 0.221 e. The van der Waals surface area contributed by atoms with E-state index in [9.17, 15) is 4.79 Å². The summed E-state index contributed by atoms with van der Waals surface area (Å²) in [6.45, 7) is 0. The van der Waals surface area contributed by atoms with Crippen LogP contribution in [0.3, 0.4) is 0 Å². The molecule has 0 bridgehead atoms. The largest absolute Gasteiger partial charge is 0.497 e. The monoisotopic (exact) mass is 409 g/mol. The zero-order chi connectivity index (χ0) is 21.5. The average molecular weight is 409 g/mol. The molecule has 0 aliphatic carbocycles. The molecule has 0 aliphatic rings. The summed E-state index contributed by atoms with van der Waals surface area (Å²) < 4.78 is 17.8. The Morgan fingerprint density at radius 2 is 1.77 bits per heavy atom. The molecule has 1 heterocycles. The van der Waals surface area contributed by atoms with Gasteiger partial charge in [-0.1, -0.05) is 18.2 Å². The summed E-state index contributed by atoms with van der Waals surface area (Å²) in [7, 11) is 6.73. The van der Waals surface area contributed by atoms with E-state index in [0.29, 0.717) is 24.3 Å². The van der Waals surface area contributed by atoms with Crippen LogP contribution in [-0.2, 0) is 18.3 Å². The first-order chi connectivity index (χ1) is 14.5. The molecule has 1 aromatic heterocycles. The summed E-state index contributed by atoms with van der Waals surface area (Å²) in [5.74, 6) is 2.78. The van der Waals surface area contributed by atoms with E-state index in [4.69, 9.17) is 14.2 Å². The molecule has 3 aromatic rings. The van der Waals surface area contributed by atoms with E-state index in [1.807, 2.05) is 60.3 Å². The van der Waals surface area contributed by atoms with E-state index in [1.54, 1.807) is 27.5 Å². The molecule has 1 unspecified atom stereocenters. The van der Waals surface area contributed by atoms with Gasteiger partial charge in [0.25, 0.3) is 0 Å². The Hall–Kier alpha value is -3.48. The highest BCUT2D eigenvalue weighted by atomic mass is 16.5. The quantitative estimate of drug-likeness (QED) is 0.587. The van der Waals surface area contributed by atoms with Gasteiger partial charge < -0.3 is 24.1 Å². The maximum absolute atomic E-state index is 12.8. The Morgan fingerprint density at radius 3 is 2.37 bits per heavy atom. The number of benzene rings is 2. The minimum absolute atomic E-state index is 0.0615. The topological polar surface area (TPSA) is 74.6 Å². The summed E-state index contributed by atoms with van der Waals surface area (Å²) in [4.78, 5) is 17.2. The lowest BCUT2D eigenvalue weighted by atomic mass is 10.0. The number of methoxy groups -OCH3 is 3. The molecule has 2 aromatic carbocycles. The fourth-order valence-corrected chi connectivity index (χ4v) is 3.28. The van der Waals surface area contributed by atoms with E-state index in [1.165, 1.54) is 0 Å². The SMILES string of the molecule is COc1ccc(C(NC(=O)CCc2ccc(OC)c(OC)c2)c2nccn2C)cc1. The zero-order valence-corrected chi connectivity index (χ0v) is 17.7. The van der Waals surface area contributed by atoms with Crippen LogP contribution in [0.2, 0.25) is 0 Å². The molecule has 0 saturated heterocycles. The van der Waals surface area contributed by atoms with Crippen molar-refractivity contribution in [3.8, 4) is 17.2 Å². The minimum atomic E-state index is -0.353. The van der Waals surface area contributed by atoms with Crippen LogP contribution in [0.25, 0.3) is 0 Å². The molecule has 158 valence electrons. The van der Waals surface area contributed by atoms with Gasteiger partial charge in [0.05, 0.1) is 21.3 Å². The van der Waals surface area contributed by atoms with Crippen molar-refractivity contribution in [1.29, 1.82) is 0 Å². The number of imidazole rings is 1. The molecule has 1 N–H and O–H groups in total. The van der Waals surface area contributed by atoms with Gasteiger partial charge in [-0.2, -0.15) is 0 Å². The normalized spacial score (nSPS) is 11.6.